The van der Waals surface area contributed by atoms with E-state index in [9.17, 15) is 13.2 Å². The summed E-state index contributed by atoms with van der Waals surface area (Å²) in [6.07, 6.45) is 8.16. The zero-order valence-electron chi connectivity index (χ0n) is 25.2. The van der Waals surface area contributed by atoms with Crippen molar-refractivity contribution in [3.05, 3.63) is 72.3 Å². The fourth-order valence-electron chi connectivity index (χ4n) is 5.55. The summed E-state index contributed by atoms with van der Waals surface area (Å²) in [6.45, 7) is 0.828. The molecule has 0 N–H and O–H groups in total. The molecule has 1 aliphatic carbocycles. The molecule has 238 valence electrons. The fourth-order valence-corrected chi connectivity index (χ4v) is 5.55. The van der Waals surface area contributed by atoms with Gasteiger partial charge in [0.15, 0.2) is 11.5 Å². The highest BCUT2D eigenvalue weighted by Gasteiger charge is 2.35. The number of nitrogens with zero attached hydrogens (tertiary/aromatic N) is 8. The fraction of sp³-hybridized carbons (Fsp3) is 0.375. The lowest BCUT2D eigenvalue weighted by Gasteiger charge is -2.22. The Hall–Kier alpha value is -4.85. The molecule has 0 amide bonds. The van der Waals surface area contributed by atoms with Gasteiger partial charge in [0.2, 0.25) is 11.8 Å². The van der Waals surface area contributed by atoms with Crippen LogP contribution in [0.4, 0.5) is 13.2 Å². The molecule has 1 aromatic carbocycles. The van der Waals surface area contributed by atoms with Gasteiger partial charge < -0.3 is 18.8 Å². The number of ether oxygens (including phenoxy) is 3. The van der Waals surface area contributed by atoms with Crippen LogP contribution in [0.15, 0.2) is 55.4 Å². The first-order valence-electron chi connectivity index (χ1n) is 15.0. The molecule has 1 unspecified atom stereocenters. The highest BCUT2D eigenvalue weighted by atomic mass is 19.4. The van der Waals surface area contributed by atoms with Gasteiger partial charge in [0, 0.05) is 49.3 Å². The van der Waals surface area contributed by atoms with Gasteiger partial charge in [-0.05, 0) is 37.7 Å². The minimum Gasteiger partial charge on any atom is -0.480 e. The topological polar surface area (TPSA) is 115 Å². The Kier molecular flexibility index (Phi) is 7.89. The number of benzene rings is 1. The quantitative estimate of drug-likeness (QED) is 0.183. The van der Waals surface area contributed by atoms with Crippen molar-refractivity contribution in [1.82, 2.24) is 39.3 Å². The van der Waals surface area contributed by atoms with Crippen LogP contribution < -0.4 is 9.47 Å². The zero-order chi connectivity index (χ0) is 31.8. The molecule has 1 saturated carbocycles. The number of imidazole rings is 1. The summed E-state index contributed by atoms with van der Waals surface area (Å²) in [6, 6.07) is 7.01. The van der Waals surface area contributed by atoms with Crippen molar-refractivity contribution in [2.75, 3.05) is 13.7 Å². The van der Waals surface area contributed by atoms with Crippen LogP contribution in [0.2, 0.25) is 0 Å². The molecule has 4 aromatic heterocycles. The summed E-state index contributed by atoms with van der Waals surface area (Å²) in [5, 5.41) is 4.55. The van der Waals surface area contributed by atoms with Crippen molar-refractivity contribution in [3.8, 4) is 45.7 Å². The number of methoxy groups -OCH3 is 1. The SMILES string of the molecule is COc1ncnc(C2CC2)c1-c1ncc(-c2cnn(C3CCCCO3)c2)c(OCc2ccc(-c3nc(C(F)(F)F)cn3C)cc2)n1. The molecule has 1 aliphatic heterocycles. The number of hydrogen-bond donors (Lipinski definition) is 0. The lowest BCUT2D eigenvalue weighted by atomic mass is 10.1. The predicted molar refractivity (Wildman–Crippen MR) is 160 cm³/mol. The summed E-state index contributed by atoms with van der Waals surface area (Å²) in [5.74, 6) is 1.59. The van der Waals surface area contributed by atoms with E-state index in [1.54, 1.807) is 43.8 Å². The van der Waals surface area contributed by atoms with Crippen molar-refractivity contribution in [3.63, 3.8) is 0 Å². The Morgan fingerprint density at radius 1 is 0.935 bits per heavy atom. The molecule has 2 fully saturated rings. The minimum absolute atomic E-state index is 0.135. The number of hydrogen-bond acceptors (Lipinski definition) is 9. The maximum atomic E-state index is 13.2. The smallest absolute Gasteiger partial charge is 0.434 e. The minimum atomic E-state index is -4.52. The van der Waals surface area contributed by atoms with Crippen LogP contribution in [0, 0.1) is 0 Å². The third-order valence-electron chi connectivity index (χ3n) is 8.09. The van der Waals surface area contributed by atoms with Gasteiger partial charge in [0.05, 0.1) is 24.6 Å². The van der Waals surface area contributed by atoms with E-state index in [1.165, 1.54) is 17.9 Å². The summed E-state index contributed by atoms with van der Waals surface area (Å²) < 4.78 is 60.6. The number of aryl methyl sites for hydroxylation is 1. The summed E-state index contributed by atoms with van der Waals surface area (Å²) in [4.78, 5) is 22.2. The Morgan fingerprint density at radius 2 is 1.76 bits per heavy atom. The van der Waals surface area contributed by atoms with Gasteiger partial charge in [0.25, 0.3) is 0 Å². The highest BCUT2D eigenvalue weighted by Crippen LogP contribution is 2.45. The largest absolute Gasteiger partial charge is 0.480 e. The van der Waals surface area contributed by atoms with Crippen molar-refractivity contribution in [2.24, 2.45) is 7.05 Å². The maximum absolute atomic E-state index is 13.2. The third kappa shape index (κ3) is 6.04. The van der Waals surface area contributed by atoms with Gasteiger partial charge in [0.1, 0.15) is 30.5 Å². The van der Waals surface area contributed by atoms with E-state index in [0.717, 1.165) is 55.1 Å². The Morgan fingerprint density at radius 3 is 2.46 bits per heavy atom. The number of aromatic nitrogens is 8. The standard InChI is InChI=1S/C32H31F3N8O3/c1-42-16-24(32(33,34)35)40-29(42)21-8-6-19(7-9-21)17-46-30-23(22-13-39-43(15-22)25-5-3-4-12-45-25)14-36-28(41-30)26-27(20-10-11-20)37-18-38-31(26)44-2/h6-9,13-16,18,20,25H,3-5,10-12,17H2,1-2H3. The molecular formula is C32H31F3N8O3. The molecule has 0 radical (unpaired) electrons. The van der Waals surface area contributed by atoms with E-state index in [2.05, 4.69) is 20.1 Å². The van der Waals surface area contributed by atoms with Crippen molar-refractivity contribution < 1.29 is 27.4 Å². The lowest BCUT2D eigenvalue weighted by molar-refractivity contribution is -0.140. The second-order valence-electron chi connectivity index (χ2n) is 11.4. The Balaban J connectivity index is 1.20. The van der Waals surface area contributed by atoms with Crippen molar-refractivity contribution in [1.29, 1.82) is 0 Å². The highest BCUT2D eigenvalue weighted by molar-refractivity contribution is 5.71. The average molecular weight is 633 g/mol. The Labute approximate surface area is 262 Å². The predicted octanol–water partition coefficient (Wildman–Crippen LogP) is 6.38. The van der Waals surface area contributed by atoms with Crippen LogP contribution in [0.1, 0.15) is 61.2 Å². The summed E-state index contributed by atoms with van der Waals surface area (Å²) in [7, 11) is 3.08. The normalized spacial score (nSPS) is 16.8. The van der Waals surface area contributed by atoms with Gasteiger partial charge in [-0.15, -0.1) is 0 Å². The Bertz CT molecular complexity index is 1840. The van der Waals surface area contributed by atoms with E-state index in [-0.39, 0.29) is 24.6 Å². The monoisotopic (exact) mass is 632 g/mol. The van der Waals surface area contributed by atoms with E-state index in [4.69, 9.17) is 24.2 Å². The molecule has 7 rings (SSSR count). The molecule has 11 nitrogen and oxygen atoms in total. The van der Waals surface area contributed by atoms with Crippen LogP contribution in [-0.2, 0) is 24.6 Å². The molecule has 14 heteroatoms. The van der Waals surface area contributed by atoms with E-state index in [0.29, 0.717) is 40.9 Å². The van der Waals surface area contributed by atoms with Crippen LogP contribution in [0.25, 0.3) is 33.9 Å². The van der Waals surface area contributed by atoms with Gasteiger partial charge in [-0.3, -0.25) is 0 Å². The van der Waals surface area contributed by atoms with Crippen LogP contribution in [0.5, 0.6) is 11.8 Å². The average Bonchev–Trinajstić information content (AvgIpc) is 3.66. The molecule has 1 atom stereocenters. The van der Waals surface area contributed by atoms with Crippen molar-refractivity contribution >= 4 is 0 Å². The van der Waals surface area contributed by atoms with Gasteiger partial charge in [-0.1, -0.05) is 24.3 Å². The number of rotatable bonds is 9. The number of halogens is 3. The molecule has 5 heterocycles. The van der Waals surface area contributed by atoms with Gasteiger partial charge in [-0.2, -0.15) is 23.3 Å². The van der Waals surface area contributed by atoms with Crippen LogP contribution in [0.3, 0.4) is 0 Å². The third-order valence-corrected chi connectivity index (χ3v) is 8.09. The number of alkyl halides is 3. The molecule has 5 aromatic rings. The maximum Gasteiger partial charge on any atom is 0.434 e. The molecule has 0 bridgehead atoms. The first-order chi connectivity index (χ1) is 22.3. The molecule has 2 aliphatic rings. The zero-order valence-corrected chi connectivity index (χ0v) is 25.2. The van der Waals surface area contributed by atoms with E-state index in [1.807, 2.05) is 10.9 Å². The molecule has 46 heavy (non-hydrogen) atoms. The molecular weight excluding hydrogens is 601 g/mol. The van der Waals surface area contributed by atoms with Gasteiger partial charge >= 0.3 is 6.18 Å². The first-order valence-corrected chi connectivity index (χ1v) is 15.0. The molecule has 1 saturated heterocycles. The van der Waals surface area contributed by atoms with E-state index >= 15 is 0 Å². The molecule has 0 spiro atoms. The summed E-state index contributed by atoms with van der Waals surface area (Å²) >= 11 is 0. The second kappa shape index (κ2) is 12.2. The van der Waals surface area contributed by atoms with E-state index < -0.39 is 11.9 Å². The van der Waals surface area contributed by atoms with Gasteiger partial charge in [-0.25, -0.2) is 24.6 Å². The van der Waals surface area contributed by atoms with Crippen molar-refractivity contribution in [2.45, 2.75) is 57.0 Å². The summed E-state index contributed by atoms with van der Waals surface area (Å²) in [5.41, 5.74) is 3.27. The first kappa shape index (κ1) is 29.8. The van der Waals surface area contributed by atoms with Crippen LogP contribution >= 0.6 is 0 Å². The second-order valence-corrected chi connectivity index (χ2v) is 11.4. The lowest BCUT2D eigenvalue weighted by Crippen LogP contribution is -2.18. The van der Waals surface area contributed by atoms with Crippen LogP contribution in [-0.4, -0.2) is 53.0 Å².